The van der Waals surface area contributed by atoms with Gasteiger partial charge in [-0.2, -0.15) is 18.3 Å². The van der Waals surface area contributed by atoms with Gasteiger partial charge < -0.3 is 15.3 Å². The van der Waals surface area contributed by atoms with Gasteiger partial charge in [-0.15, -0.1) is 0 Å². The SMILES string of the molecule is CCCN(CCO)C(=O)NCc1cn(C)nc1C(F)(F)F. The number of carbonyl (C=O) groups excluding carboxylic acids is 1. The standard InChI is InChI=1S/C12H19F3N4O2/c1-3-4-19(5-6-20)11(21)16-7-9-8-18(2)17-10(9)12(13,14)15/h8,20H,3-7H2,1-2H3,(H,16,21). The first-order valence-electron chi connectivity index (χ1n) is 6.53. The fourth-order valence-electron chi connectivity index (χ4n) is 1.89. The average Bonchev–Trinajstić information content (AvgIpc) is 2.77. The maximum absolute atomic E-state index is 12.8. The molecule has 1 aromatic rings. The van der Waals surface area contributed by atoms with Crippen LogP contribution in [0.3, 0.4) is 0 Å². The lowest BCUT2D eigenvalue weighted by Gasteiger charge is -2.21. The molecule has 0 saturated heterocycles. The fourth-order valence-corrected chi connectivity index (χ4v) is 1.89. The Bertz CT molecular complexity index is 468. The monoisotopic (exact) mass is 308 g/mol. The maximum Gasteiger partial charge on any atom is 0.435 e. The van der Waals surface area contributed by atoms with Crippen LogP contribution in [0.2, 0.25) is 0 Å². The molecule has 2 amide bonds. The second kappa shape index (κ2) is 7.30. The molecule has 0 fully saturated rings. The molecule has 6 nitrogen and oxygen atoms in total. The van der Waals surface area contributed by atoms with Crippen molar-refractivity contribution in [2.45, 2.75) is 26.1 Å². The van der Waals surface area contributed by atoms with E-state index >= 15 is 0 Å². The summed E-state index contributed by atoms with van der Waals surface area (Å²) in [7, 11) is 1.38. The highest BCUT2D eigenvalue weighted by Gasteiger charge is 2.36. The van der Waals surface area contributed by atoms with E-state index in [0.29, 0.717) is 13.0 Å². The predicted molar refractivity (Wildman–Crippen MR) is 69.4 cm³/mol. The van der Waals surface area contributed by atoms with Gasteiger partial charge in [0.2, 0.25) is 0 Å². The summed E-state index contributed by atoms with van der Waals surface area (Å²) >= 11 is 0. The Balaban J connectivity index is 2.72. The van der Waals surface area contributed by atoms with Crippen molar-refractivity contribution in [1.82, 2.24) is 20.0 Å². The highest BCUT2D eigenvalue weighted by atomic mass is 19.4. The first-order valence-corrected chi connectivity index (χ1v) is 6.53. The van der Waals surface area contributed by atoms with Gasteiger partial charge in [0, 0.05) is 38.4 Å². The zero-order valence-corrected chi connectivity index (χ0v) is 11.9. The second-order valence-electron chi connectivity index (χ2n) is 4.54. The minimum atomic E-state index is -4.56. The topological polar surface area (TPSA) is 70.4 Å². The highest BCUT2D eigenvalue weighted by molar-refractivity contribution is 5.74. The highest BCUT2D eigenvalue weighted by Crippen LogP contribution is 2.30. The van der Waals surface area contributed by atoms with Gasteiger partial charge in [0.15, 0.2) is 5.69 Å². The van der Waals surface area contributed by atoms with Crippen molar-refractivity contribution in [2.24, 2.45) is 7.05 Å². The third-order valence-electron chi connectivity index (χ3n) is 2.75. The van der Waals surface area contributed by atoms with Gasteiger partial charge >= 0.3 is 12.2 Å². The number of aromatic nitrogens is 2. The molecule has 0 aliphatic heterocycles. The van der Waals surface area contributed by atoms with Crippen LogP contribution in [-0.2, 0) is 19.8 Å². The number of aliphatic hydroxyl groups excluding tert-OH is 1. The van der Waals surface area contributed by atoms with Gasteiger partial charge in [-0.25, -0.2) is 4.79 Å². The summed E-state index contributed by atoms with van der Waals surface area (Å²) < 4.78 is 39.3. The Morgan fingerprint density at radius 1 is 1.48 bits per heavy atom. The van der Waals surface area contributed by atoms with Crippen molar-refractivity contribution in [1.29, 1.82) is 0 Å². The molecular weight excluding hydrogens is 289 g/mol. The molecule has 2 N–H and O–H groups in total. The van der Waals surface area contributed by atoms with Gasteiger partial charge in [0.1, 0.15) is 0 Å². The van der Waals surface area contributed by atoms with Crippen molar-refractivity contribution in [2.75, 3.05) is 19.7 Å². The van der Waals surface area contributed by atoms with E-state index in [0.717, 1.165) is 4.68 Å². The van der Waals surface area contributed by atoms with Gasteiger partial charge in [-0.1, -0.05) is 6.92 Å². The summed E-state index contributed by atoms with van der Waals surface area (Å²) in [5.41, 5.74) is -1.10. The van der Waals surface area contributed by atoms with E-state index in [1.165, 1.54) is 18.1 Å². The molecule has 0 atom stereocenters. The van der Waals surface area contributed by atoms with Gasteiger partial charge in [-0.05, 0) is 6.42 Å². The minimum Gasteiger partial charge on any atom is -0.395 e. The van der Waals surface area contributed by atoms with Crippen LogP contribution in [0.25, 0.3) is 0 Å². The summed E-state index contributed by atoms with van der Waals surface area (Å²) in [6.07, 6.45) is -2.65. The number of halogens is 3. The predicted octanol–water partition coefficient (Wildman–Crippen LogP) is 1.35. The van der Waals surface area contributed by atoms with E-state index < -0.39 is 17.9 Å². The van der Waals surface area contributed by atoms with E-state index in [9.17, 15) is 18.0 Å². The number of nitrogens with one attached hydrogen (secondary N) is 1. The largest absolute Gasteiger partial charge is 0.435 e. The summed E-state index contributed by atoms with van der Waals surface area (Å²) in [4.78, 5) is 13.2. The summed E-state index contributed by atoms with van der Waals surface area (Å²) in [6, 6.07) is -0.511. The lowest BCUT2D eigenvalue weighted by molar-refractivity contribution is -0.142. The number of hydrogen-bond acceptors (Lipinski definition) is 3. The Hall–Kier alpha value is -1.77. The molecule has 9 heteroatoms. The number of rotatable bonds is 6. The number of aliphatic hydroxyl groups is 1. The van der Waals surface area contributed by atoms with E-state index in [2.05, 4.69) is 10.4 Å². The van der Waals surface area contributed by atoms with Crippen LogP contribution in [0.15, 0.2) is 6.20 Å². The zero-order valence-electron chi connectivity index (χ0n) is 11.9. The molecule has 0 unspecified atom stereocenters. The van der Waals surface area contributed by atoms with Crippen LogP contribution in [0.4, 0.5) is 18.0 Å². The fraction of sp³-hybridized carbons (Fsp3) is 0.667. The molecule has 1 aromatic heterocycles. The molecule has 0 spiro atoms. The Labute approximate surface area is 120 Å². The van der Waals surface area contributed by atoms with Gasteiger partial charge in [-0.3, -0.25) is 4.68 Å². The molecule has 0 saturated carbocycles. The van der Waals surface area contributed by atoms with Crippen molar-refractivity contribution < 1.29 is 23.1 Å². The Morgan fingerprint density at radius 3 is 2.67 bits per heavy atom. The van der Waals surface area contributed by atoms with Crippen molar-refractivity contribution in [3.8, 4) is 0 Å². The molecular formula is C12H19F3N4O2. The second-order valence-corrected chi connectivity index (χ2v) is 4.54. The number of carbonyl (C=O) groups is 1. The van der Waals surface area contributed by atoms with E-state index in [-0.39, 0.29) is 25.3 Å². The number of hydrogen-bond donors (Lipinski definition) is 2. The third kappa shape index (κ3) is 4.92. The van der Waals surface area contributed by atoms with Crippen LogP contribution >= 0.6 is 0 Å². The zero-order chi connectivity index (χ0) is 16.0. The van der Waals surface area contributed by atoms with Crippen LogP contribution in [0.1, 0.15) is 24.6 Å². The van der Waals surface area contributed by atoms with Gasteiger partial charge in [0.05, 0.1) is 6.61 Å². The van der Waals surface area contributed by atoms with Crippen LogP contribution in [0, 0.1) is 0 Å². The maximum atomic E-state index is 12.8. The first kappa shape index (κ1) is 17.3. The molecule has 0 aliphatic carbocycles. The molecule has 1 rings (SSSR count). The normalized spacial score (nSPS) is 11.5. The third-order valence-corrected chi connectivity index (χ3v) is 2.75. The summed E-state index contributed by atoms with van der Waals surface area (Å²) in [6.45, 7) is 1.95. The quantitative estimate of drug-likeness (QED) is 0.833. The first-order chi connectivity index (χ1) is 9.79. The number of amides is 2. The Kier molecular flexibility index (Phi) is 6.01. The molecule has 120 valence electrons. The summed E-state index contributed by atoms with van der Waals surface area (Å²) in [5, 5.41) is 14.6. The lowest BCUT2D eigenvalue weighted by atomic mass is 10.2. The van der Waals surface area contributed by atoms with E-state index in [4.69, 9.17) is 5.11 Å². The van der Waals surface area contributed by atoms with E-state index in [1.54, 1.807) is 0 Å². The van der Waals surface area contributed by atoms with Crippen molar-refractivity contribution in [3.05, 3.63) is 17.5 Å². The number of nitrogens with zero attached hydrogens (tertiary/aromatic N) is 3. The molecule has 0 radical (unpaired) electrons. The molecule has 21 heavy (non-hydrogen) atoms. The van der Waals surface area contributed by atoms with E-state index in [1.807, 2.05) is 6.92 Å². The number of urea groups is 1. The van der Waals surface area contributed by atoms with Crippen LogP contribution in [-0.4, -0.2) is 45.5 Å². The molecule has 1 heterocycles. The average molecular weight is 308 g/mol. The number of aryl methyl sites for hydroxylation is 1. The van der Waals surface area contributed by atoms with Crippen molar-refractivity contribution >= 4 is 6.03 Å². The molecule has 0 aliphatic rings. The van der Waals surface area contributed by atoms with Crippen LogP contribution in [0.5, 0.6) is 0 Å². The summed E-state index contributed by atoms with van der Waals surface area (Å²) in [5.74, 6) is 0. The molecule has 0 aromatic carbocycles. The number of alkyl halides is 3. The molecule has 0 bridgehead atoms. The van der Waals surface area contributed by atoms with Crippen molar-refractivity contribution in [3.63, 3.8) is 0 Å². The minimum absolute atomic E-state index is 0.0983. The smallest absolute Gasteiger partial charge is 0.395 e. The lowest BCUT2D eigenvalue weighted by Crippen LogP contribution is -2.41. The van der Waals surface area contributed by atoms with Crippen LogP contribution < -0.4 is 5.32 Å². The Morgan fingerprint density at radius 2 is 2.14 bits per heavy atom. The van der Waals surface area contributed by atoms with Gasteiger partial charge in [0.25, 0.3) is 0 Å².